The lowest BCUT2D eigenvalue weighted by atomic mass is 9.54. The van der Waals surface area contributed by atoms with E-state index in [0.29, 0.717) is 6.42 Å². The van der Waals surface area contributed by atoms with Gasteiger partial charge in [-0.25, -0.2) is 0 Å². The Morgan fingerprint density at radius 2 is 1.58 bits per heavy atom. The summed E-state index contributed by atoms with van der Waals surface area (Å²) in [6.07, 6.45) is 1.45. The van der Waals surface area contributed by atoms with Crippen LogP contribution in [0.5, 0.6) is 0 Å². The molecule has 3 nitrogen and oxygen atoms in total. The molecule has 0 heterocycles. The van der Waals surface area contributed by atoms with E-state index in [0.717, 1.165) is 6.42 Å². The van der Waals surface area contributed by atoms with Crippen molar-refractivity contribution in [1.29, 1.82) is 0 Å². The molecule has 2 rings (SSSR count). The van der Waals surface area contributed by atoms with Crippen molar-refractivity contribution in [1.82, 2.24) is 0 Å². The summed E-state index contributed by atoms with van der Waals surface area (Å²) < 4.78 is 0. The van der Waals surface area contributed by atoms with Crippen LogP contribution in [0, 0.1) is 17.3 Å². The zero-order chi connectivity index (χ0) is 14.9. The average Bonchev–Trinajstić information content (AvgIpc) is 2.34. The highest BCUT2D eigenvalue weighted by atomic mass is 35.5. The van der Waals surface area contributed by atoms with Gasteiger partial charge in [-0.3, -0.25) is 0 Å². The maximum Gasteiger partial charge on any atom is 0.124 e. The monoisotopic (exact) mass is 290 g/mol. The molecule has 5 atom stereocenters. The van der Waals surface area contributed by atoms with Crippen LogP contribution in [0.15, 0.2) is 0 Å². The third kappa shape index (κ3) is 1.89. The van der Waals surface area contributed by atoms with Gasteiger partial charge in [0.25, 0.3) is 0 Å². The fraction of sp³-hybridized carbons (Fsp3) is 1.00. The molecule has 0 radical (unpaired) electrons. The molecule has 0 aromatic heterocycles. The lowest BCUT2D eigenvalue weighted by Crippen LogP contribution is -2.69. The van der Waals surface area contributed by atoms with Crippen LogP contribution in [0.1, 0.15) is 53.9 Å². The van der Waals surface area contributed by atoms with Crippen molar-refractivity contribution >= 4 is 11.6 Å². The Hall–Kier alpha value is 0.170. The Bertz CT molecular complexity index is 380. The van der Waals surface area contributed by atoms with Crippen molar-refractivity contribution in [3.05, 3.63) is 0 Å². The van der Waals surface area contributed by atoms with E-state index in [4.69, 9.17) is 11.6 Å². The van der Waals surface area contributed by atoms with Gasteiger partial charge in [-0.15, -0.1) is 11.6 Å². The van der Waals surface area contributed by atoms with E-state index in [2.05, 4.69) is 27.7 Å². The van der Waals surface area contributed by atoms with Crippen molar-refractivity contribution in [2.24, 2.45) is 17.3 Å². The number of fused-ring (bicyclic) bond motifs is 1. The fourth-order valence-corrected chi connectivity index (χ4v) is 4.86. The molecule has 2 saturated carbocycles. The Kier molecular flexibility index (Phi) is 3.35. The number of halogens is 1. The maximum absolute atomic E-state index is 11.1. The Balaban J connectivity index is 2.56. The van der Waals surface area contributed by atoms with Crippen molar-refractivity contribution in [2.75, 3.05) is 0 Å². The molecule has 0 spiro atoms. The van der Waals surface area contributed by atoms with Crippen LogP contribution in [-0.2, 0) is 0 Å². The lowest BCUT2D eigenvalue weighted by molar-refractivity contribution is -0.264. The predicted octanol–water partition coefficient (Wildman–Crippen LogP) is 2.30. The molecule has 0 aliphatic heterocycles. The molecule has 0 bridgehead atoms. The molecule has 5 unspecified atom stereocenters. The molecule has 2 aliphatic rings. The summed E-state index contributed by atoms with van der Waals surface area (Å²) >= 11 is 6.25. The number of hydrogen-bond donors (Lipinski definition) is 3. The minimum absolute atomic E-state index is 0.0588. The molecule has 0 aromatic carbocycles. The number of rotatable bonds is 1. The van der Waals surface area contributed by atoms with Crippen LogP contribution in [0.2, 0.25) is 0 Å². The largest absolute Gasteiger partial charge is 0.386 e. The highest BCUT2D eigenvalue weighted by Crippen LogP contribution is 2.62. The highest BCUT2D eigenvalue weighted by molar-refractivity contribution is 6.21. The maximum atomic E-state index is 11.1. The first kappa shape index (κ1) is 15.6. The molecule has 0 saturated heterocycles. The second-order valence-electron chi connectivity index (χ2n) is 8.00. The summed E-state index contributed by atoms with van der Waals surface area (Å²) in [7, 11) is 0. The first-order chi connectivity index (χ1) is 8.37. The molecule has 2 aliphatic carbocycles. The standard InChI is InChI=1S/C15H27ClO3/c1-9(2)10-6-12(3,4)8-15(19)13(5,17)11(16)7-14(10,15)18/h9-11,17-19H,6-8H2,1-5H3. The van der Waals surface area contributed by atoms with Crippen LogP contribution >= 0.6 is 11.6 Å². The second kappa shape index (κ2) is 4.09. The molecule has 0 aromatic rings. The zero-order valence-corrected chi connectivity index (χ0v) is 13.3. The highest BCUT2D eigenvalue weighted by Gasteiger charge is 2.74. The van der Waals surface area contributed by atoms with Gasteiger partial charge in [-0.05, 0) is 43.4 Å². The van der Waals surface area contributed by atoms with Crippen molar-refractivity contribution < 1.29 is 15.3 Å². The lowest BCUT2D eigenvalue weighted by Gasteiger charge is -2.57. The first-order valence-electron chi connectivity index (χ1n) is 7.19. The summed E-state index contributed by atoms with van der Waals surface area (Å²) in [4.78, 5) is 0. The molecule has 112 valence electrons. The number of aliphatic hydroxyl groups is 3. The molecule has 19 heavy (non-hydrogen) atoms. The van der Waals surface area contributed by atoms with E-state index < -0.39 is 22.2 Å². The molecule has 2 fully saturated rings. The third-order valence-corrected chi connectivity index (χ3v) is 6.16. The predicted molar refractivity (Wildman–Crippen MR) is 76.1 cm³/mol. The quantitative estimate of drug-likeness (QED) is 0.650. The van der Waals surface area contributed by atoms with Gasteiger partial charge in [-0.1, -0.05) is 27.7 Å². The Morgan fingerprint density at radius 3 is 2.05 bits per heavy atom. The van der Waals surface area contributed by atoms with Crippen LogP contribution < -0.4 is 0 Å². The van der Waals surface area contributed by atoms with Gasteiger partial charge in [0.05, 0.1) is 5.38 Å². The van der Waals surface area contributed by atoms with Gasteiger partial charge in [-0.2, -0.15) is 0 Å². The number of hydrogen-bond acceptors (Lipinski definition) is 3. The minimum Gasteiger partial charge on any atom is -0.386 e. The Morgan fingerprint density at radius 1 is 1.05 bits per heavy atom. The Labute approximate surface area is 121 Å². The van der Waals surface area contributed by atoms with E-state index in [1.807, 2.05) is 0 Å². The van der Waals surface area contributed by atoms with Gasteiger partial charge in [0.1, 0.15) is 16.8 Å². The van der Waals surface area contributed by atoms with E-state index in [1.54, 1.807) is 6.92 Å². The minimum atomic E-state index is -1.54. The average molecular weight is 291 g/mol. The molecule has 3 N–H and O–H groups in total. The smallest absolute Gasteiger partial charge is 0.124 e. The van der Waals surface area contributed by atoms with E-state index in [9.17, 15) is 15.3 Å². The molecule has 0 amide bonds. The van der Waals surface area contributed by atoms with Crippen LogP contribution in [-0.4, -0.2) is 37.5 Å². The zero-order valence-electron chi connectivity index (χ0n) is 12.6. The first-order valence-corrected chi connectivity index (χ1v) is 7.62. The SMILES string of the molecule is CC(C)C1CC(C)(C)CC2(O)C(C)(O)C(Cl)CC12O. The normalized spacial score (nSPS) is 53.4. The van der Waals surface area contributed by atoms with E-state index in [1.165, 1.54) is 0 Å². The van der Waals surface area contributed by atoms with Gasteiger partial charge in [0, 0.05) is 0 Å². The molecular formula is C15H27ClO3. The molecule has 4 heteroatoms. The van der Waals surface area contributed by atoms with Gasteiger partial charge in [0.15, 0.2) is 0 Å². The summed E-state index contributed by atoms with van der Waals surface area (Å²) in [5.74, 6) is 0.172. The summed E-state index contributed by atoms with van der Waals surface area (Å²) in [6, 6.07) is 0. The van der Waals surface area contributed by atoms with Crippen molar-refractivity contribution in [3.63, 3.8) is 0 Å². The fourth-order valence-electron chi connectivity index (χ4n) is 4.44. The van der Waals surface area contributed by atoms with E-state index in [-0.39, 0.29) is 23.7 Å². The van der Waals surface area contributed by atoms with Crippen LogP contribution in [0.3, 0.4) is 0 Å². The van der Waals surface area contributed by atoms with E-state index >= 15 is 0 Å². The summed E-state index contributed by atoms with van der Waals surface area (Å²) in [5, 5.41) is 32.3. The summed E-state index contributed by atoms with van der Waals surface area (Å²) in [6.45, 7) is 9.83. The number of alkyl halides is 1. The van der Waals surface area contributed by atoms with Gasteiger partial charge in [0.2, 0.25) is 0 Å². The second-order valence-corrected chi connectivity index (χ2v) is 8.53. The van der Waals surface area contributed by atoms with Crippen molar-refractivity contribution in [2.45, 2.75) is 76.1 Å². The van der Waals surface area contributed by atoms with Gasteiger partial charge >= 0.3 is 0 Å². The van der Waals surface area contributed by atoms with Gasteiger partial charge < -0.3 is 15.3 Å². The topological polar surface area (TPSA) is 60.7 Å². The van der Waals surface area contributed by atoms with Crippen molar-refractivity contribution in [3.8, 4) is 0 Å². The van der Waals surface area contributed by atoms with Crippen LogP contribution in [0.25, 0.3) is 0 Å². The third-order valence-electron chi connectivity index (χ3n) is 5.58. The van der Waals surface area contributed by atoms with Crippen LogP contribution in [0.4, 0.5) is 0 Å². The molecular weight excluding hydrogens is 264 g/mol. The summed E-state index contributed by atoms with van der Waals surface area (Å²) in [5.41, 5.74) is -4.43.